The van der Waals surface area contributed by atoms with Gasteiger partial charge in [-0.1, -0.05) is 103 Å². The molecule has 0 N–H and O–H groups in total. The maximum absolute atomic E-state index is 6.59. The Kier molecular flexibility index (Phi) is 5.57. The van der Waals surface area contributed by atoms with Crippen LogP contribution in [0.1, 0.15) is 0 Å². The quantitative estimate of drug-likeness (QED) is 0.201. The monoisotopic (exact) mass is 601 g/mol. The lowest BCUT2D eigenvalue weighted by atomic mass is 10.00. The summed E-state index contributed by atoms with van der Waals surface area (Å²) in [7, 11) is 0. The second-order valence-corrected chi connectivity index (χ2v) is 12.1. The molecule has 0 spiro atoms. The Balaban J connectivity index is 1.21. The summed E-state index contributed by atoms with van der Waals surface area (Å²) in [4.78, 5) is 2.33. The SMILES string of the molecule is c1ccc(N(c2ccc(-c3ccc4ccccc4c3)cc2)c2cccc3oc4ccc5oc6c7ccccc7ccc6c5c4c23)cc1. The largest absolute Gasteiger partial charge is 0.456 e. The zero-order valence-electron chi connectivity index (χ0n) is 25.4. The van der Waals surface area contributed by atoms with E-state index in [2.05, 4.69) is 157 Å². The van der Waals surface area contributed by atoms with Crippen LogP contribution >= 0.6 is 0 Å². The van der Waals surface area contributed by atoms with Crippen molar-refractivity contribution >= 4 is 82.5 Å². The van der Waals surface area contributed by atoms with Crippen molar-refractivity contribution in [1.29, 1.82) is 0 Å². The van der Waals surface area contributed by atoms with Crippen LogP contribution in [0.4, 0.5) is 17.1 Å². The molecule has 2 aromatic heterocycles. The average Bonchev–Trinajstić information content (AvgIpc) is 3.71. The number of rotatable bonds is 4. The van der Waals surface area contributed by atoms with Gasteiger partial charge in [0, 0.05) is 32.9 Å². The van der Waals surface area contributed by atoms with Gasteiger partial charge in [-0.05, 0) is 87.9 Å². The lowest BCUT2D eigenvalue weighted by molar-refractivity contribution is 0.664. The summed E-state index contributed by atoms with van der Waals surface area (Å²) < 4.78 is 13.2. The molecule has 3 heteroatoms. The molecule has 0 radical (unpaired) electrons. The lowest BCUT2D eigenvalue weighted by Crippen LogP contribution is -2.10. The van der Waals surface area contributed by atoms with Crippen LogP contribution in [0, 0.1) is 0 Å². The summed E-state index contributed by atoms with van der Waals surface area (Å²) in [5, 5.41) is 9.06. The molecule has 8 aromatic carbocycles. The minimum Gasteiger partial charge on any atom is -0.456 e. The number of anilines is 3. The zero-order chi connectivity index (χ0) is 30.9. The third-order valence-electron chi connectivity index (χ3n) is 9.43. The van der Waals surface area contributed by atoms with E-state index in [0.29, 0.717) is 0 Å². The van der Waals surface area contributed by atoms with Crippen LogP contribution in [0.5, 0.6) is 0 Å². The summed E-state index contributed by atoms with van der Waals surface area (Å²) in [6, 6.07) is 57.8. The standard InChI is InChI=1S/C44H27NO2/c1-2-12-33(13-3-1)45(34-22-19-29(20-23-34)32-18-17-28-9-4-5-11-31(28)27-32)37-15-8-16-38-42(37)43-40(46-38)26-25-39-41(43)36-24-21-30-10-6-7-14-35(30)44(36)47-39/h1-27H. The van der Waals surface area contributed by atoms with Crippen molar-refractivity contribution in [2.75, 3.05) is 4.90 Å². The minimum atomic E-state index is 0.842. The molecule has 0 aliphatic rings. The first-order chi connectivity index (χ1) is 23.3. The molecule has 0 atom stereocenters. The van der Waals surface area contributed by atoms with E-state index in [0.717, 1.165) is 71.7 Å². The molecule has 47 heavy (non-hydrogen) atoms. The van der Waals surface area contributed by atoms with Crippen LogP contribution < -0.4 is 4.90 Å². The third-order valence-corrected chi connectivity index (χ3v) is 9.43. The average molecular weight is 602 g/mol. The van der Waals surface area contributed by atoms with E-state index >= 15 is 0 Å². The Morgan fingerprint density at radius 3 is 1.87 bits per heavy atom. The molecule has 0 saturated heterocycles. The highest BCUT2D eigenvalue weighted by Gasteiger charge is 2.23. The third kappa shape index (κ3) is 4.00. The predicted molar refractivity (Wildman–Crippen MR) is 196 cm³/mol. The van der Waals surface area contributed by atoms with Crippen LogP contribution in [-0.4, -0.2) is 0 Å². The van der Waals surface area contributed by atoms with Crippen LogP contribution in [0.25, 0.3) is 76.5 Å². The van der Waals surface area contributed by atoms with Gasteiger partial charge in [0.15, 0.2) is 0 Å². The summed E-state index contributed by atoms with van der Waals surface area (Å²) in [5.74, 6) is 0. The fourth-order valence-corrected chi connectivity index (χ4v) is 7.25. The summed E-state index contributed by atoms with van der Waals surface area (Å²) in [6.07, 6.45) is 0. The molecule has 0 saturated carbocycles. The lowest BCUT2D eigenvalue weighted by Gasteiger charge is -2.26. The maximum Gasteiger partial charge on any atom is 0.143 e. The molecule has 10 rings (SSSR count). The predicted octanol–water partition coefficient (Wildman–Crippen LogP) is 12.9. The maximum atomic E-state index is 6.59. The van der Waals surface area contributed by atoms with Crippen molar-refractivity contribution in [1.82, 2.24) is 0 Å². The van der Waals surface area contributed by atoms with Crippen LogP contribution in [-0.2, 0) is 0 Å². The molecule has 0 fully saturated rings. The molecule has 0 amide bonds. The molecule has 0 bridgehead atoms. The molecular weight excluding hydrogens is 574 g/mol. The number of hydrogen-bond donors (Lipinski definition) is 0. The molecule has 2 heterocycles. The second-order valence-electron chi connectivity index (χ2n) is 12.1. The topological polar surface area (TPSA) is 29.5 Å². The number of furan rings is 2. The first-order valence-electron chi connectivity index (χ1n) is 15.9. The van der Waals surface area contributed by atoms with Crippen molar-refractivity contribution < 1.29 is 8.83 Å². The van der Waals surface area contributed by atoms with E-state index in [4.69, 9.17) is 8.83 Å². The number of para-hydroxylation sites is 1. The molecule has 220 valence electrons. The minimum absolute atomic E-state index is 0.842. The van der Waals surface area contributed by atoms with Gasteiger partial charge >= 0.3 is 0 Å². The van der Waals surface area contributed by atoms with Gasteiger partial charge < -0.3 is 13.7 Å². The first kappa shape index (κ1) is 26.0. The van der Waals surface area contributed by atoms with E-state index < -0.39 is 0 Å². The smallest absolute Gasteiger partial charge is 0.143 e. The summed E-state index contributed by atoms with van der Waals surface area (Å²) in [6.45, 7) is 0. The Labute approximate surface area is 270 Å². The summed E-state index contributed by atoms with van der Waals surface area (Å²) in [5.41, 5.74) is 9.01. The molecule has 0 aliphatic carbocycles. The first-order valence-corrected chi connectivity index (χ1v) is 15.9. The number of nitrogens with zero attached hydrogens (tertiary/aromatic N) is 1. The van der Waals surface area contributed by atoms with Gasteiger partial charge in [-0.25, -0.2) is 0 Å². The molecule has 0 unspecified atom stereocenters. The van der Waals surface area contributed by atoms with E-state index in [1.54, 1.807) is 0 Å². The Morgan fingerprint density at radius 1 is 0.362 bits per heavy atom. The molecule has 10 aromatic rings. The van der Waals surface area contributed by atoms with Crippen molar-refractivity contribution in [3.63, 3.8) is 0 Å². The van der Waals surface area contributed by atoms with Gasteiger partial charge in [-0.3, -0.25) is 0 Å². The molecule has 0 aliphatic heterocycles. The van der Waals surface area contributed by atoms with Crippen LogP contribution in [0.3, 0.4) is 0 Å². The highest BCUT2D eigenvalue weighted by Crippen LogP contribution is 2.47. The van der Waals surface area contributed by atoms with Gasteiger partial charge in [0.25, 0.3) is 0 Å². The van der Waals surface area contributed by atoms with Gasteiger partial charge in [0.2, 0.25) is 0 Å². The molecule has 3 nitrogen and oxygen atoms in total. The van der Waals surface area contributed by atoms with E-state index in [1.807, 2.05) is 12.1 Å². The highest BCUT2D eigenvalue weighted by atomic mass is 16.3. The van der Waals surface area contributed by atoms with Gasteiger partial charge in [0.05, 0.1) is 11.1 Å². The molecular formula is C44H27NO2. The summed E-state index contributed by atoms with van der Waals surface area (Å²) >= 11 is 0. The van der Waals surface area contributed by atoms with Crippen molar-refractivity contribution in [2.45, 2.75) is 0 Å². The Morgan fingerprint density at radius 2 is 1.02 bits per heavy atom. The van der Waals surface area contributed by atoms with E-state index in [9.17, 15) is 0 Å². The van der Waals surface area contributed by atoms with E-state index in [1.165, 1.54) is 21.9 Å². The Bertz CT molecular complexity index is 2790. The van der Waals surface area contributed by atoms with Gasteiger partial charge in [-0.2, -0.15) is 0 Å². The Hall–Kier alpha value is -6.32. The van der Waals surface area contributed by atoms with Crippen molar-refractivity contribution in [3.05, 3.63) is 164 Å². The fourth-order valence-electron chi connectivity index (χ4n) is 7.25. The van der Waals surface area contributed by atoms with Crippen molar-refractivity contribution in [2.24, 2.45) is 0 Å². The van der Waals surface area contributed by atoms with Gasteiger partial charge in [0.1, 0.15) is 22.3 Å². The number of fused-ring (bicyclic) bond motifs is 10. The number of hydrogen-bond acceptors (Lipinski definition) is 3. The highest BCUT2D eigenvalue weighted by molar-refractivity contribution is 6.30. The van der Waals surface area contributed by atoms with Crippen LogP contribution in [0.15, 0.2) is 173 Å². The second kappa shape index (κ2) is 10.1. The normalized spacial score (nSPS) is 11.8. The van der Waals surface area contributed by atoms with Gasteiger partial charge in [-0.15, -0.1) is 0 Å². The van der Waals surface area contributed by atoms with Crippen LogP contribution in [0.2, 0.25) is 0 Å². The zero-order valence-corrected chi connectivity index (χ0v) is 25.4. The number of benzene rings is 8. The fraction of sp³-hybridized carbons (Fsp3) is 0. The van der Waals surface area contributed by atoms with E-state index in [-0.39, 0.29) is 0 Å². The van der Waals surface area contributed by atoms with Crippen molar-refractivity contribution in [3.8, 4) is 11.1 Å².